The lowest BCUT2D eigenvalue weighted by Crippen LogP contribution is -2.23. The summed E-state index contributed by atoms with van der Waals surface area (Å²) in [5, 5.41) is 7.88. The molecule has 0 atom stereocenters. The smallest absolute Gasteiger partial charge is 0.250 e. The lowest BCUT2D eigenvalue weighted by atomic mass is 10.1. The molecule has 3 aromatic carbocycles. The van der Waals surface area contributed by atoms with E-state index in [0.29, 0.717) is 39.9 Å². The molecule has 0 aliphatic rings. The fourth-order valence-corrected chi connectivity index (χ4v) is 4.08. The molecule has 184 valence electrons. The predicted octanol–water partition coefficient (Wildman–Crippen LogP) is 6.89. The number of nitrogens with one attached hydrogen (secondary N) is 1. The molecule has 37 heavy (non-hydrogen) atoms. The first kappa shape index (κ1) is 24.1. The third-order valence-corrected chi connectivity index (χ3v) is 5.92. The summed E-state index contributed by atoms with van der Waals surface area (Å²) in [5.74, 6) is 0.193. The zero-order chi connectivity index (χ0) is 25.8. The SMILES string of the molecule is CC(=O)N(c1ccccc1Cl)c1onc(-c2ccc(F)cc2)c1-c1nccc(NCc2ccccc2)n1. The van der Waals surface area contributed by atoms with Crippen LogP contribution in [-0.4, -0.2) is 21.0 Å². The maximum Gasteiger partial charge on any atom is 0.250 e. The van der Waals surface area contributed by atoms with Crippen molar-refractivity contribution in [2.75, 3.05) is 10.2 Å². The number of benzene rings is 3. The van der Waals surface area contributed by atoms with E-state index in [-0.39, 0.29) is 23.4 Å². The Morgan fingerprint density at radius 2 is 1.73 bits per heavy atom. The quantitative estimate of drug-likeness (QED) is 0.255. The number of halogens is 2. The molecule has 0 spiro atoms. The van der Waals surface area contributed by atoms with Crippen LogP contribution in [0.15, 0.2) is 95.6 Å². The van der Waals surface area contributed by atoms with Crippen LogP contribution < -0.4 is 10.2 Å². The van der Waals surface area contributed by atoms with Crippen LogP contribution in [0.25, 0.3) is 22.6 Å². The van der Waals surface area contributed by atoms with Gasteiger partial charge in [0.25, 0.3) is 0 Å². The average Bonchev–Trinajstić information content (AvgIpc) is 3.34. The molecule has 2 aromatic heterocycles. The van der Waals surface area contributed by atoms with Crippen molar-refractivity contribution in [1.82, 2.24) is 15.1 Å². The maximum absolute atomic E-state index is 13.7. The topological polar surface area (TPSA) is 84.2 Å². The number of para-hydroxylation sites is 1. The first-order chi connectivity index (χ1) is 18.0. The van der Waals surface area contributed by atoms with Crippen molar-refractivity contribution in [3.05, 3.63) is 108 Å². The highest BCUT2D eigenvalue weighted by molar-refractivity contribution is 6.34. The van der Waals surface area contributed by atoms with E-state index in [2.05, 4.69) is 20.4 Å². The molecule has 5 rings (SSSR count). The Labute approximate surface area is 217 Å². The number of aromatic nitrogens is 3. The summed E-state index contributed by atoms with van der Waals surface area (Å²) >= 11 is 6.44. The molecule has 5 aromatic rings. The Hall–Kier alpha value is -4.56. The van der Waals surface area contributed by atoms with Crippen molar-refractivity contribution in [2.45, 2.75) is 13.5 Å². The summed E-state index contributed by atoms with van der Waals surface area (Å²) in [6, 6.07) is 24.3. The number of anilines is 3. The van der Waals surface area contributed by atoms with E-state index in [4.69, 9.17) is 16.1 Å². The Morgan fingerprint density at radius 1 is 1.00 bits per heavy atom. The Bertz CT molecular complexity index is 1540. The van der Waals surface area contributed by atoms with Crippen LogP contribution in [0.3, 0.4) is 0 Å². The van der Waals surface area contributed by atoms with Crippen molar-refractivity contribution in [1.29, 1.82) is 0 Å². The van der Waals surface area contributed by atoms with Crippen molar-refractivity contribution in [3.63, 3.8) is 0 Å². The second kappa shape index (κ2) is 10.6. The molecular formula is C28H21ClFN5O2. The van der Waals surface area contributed by atoms with Crippen LogP contribution in [0.4, 0.5) is 21.8 Å². The van der Waals surface area contributed by atoms with Crippen LogP contribution >= 0.6 is 11.6 Å². The minimum atomic E-state index is -0.390. The second-order valence-electron chi connectivity index (χ2n) is 8.13. The van der Waals surface area contributed by atoms with Crippen molar-refractivity contribution < 1.29 is 13.7 Å². The van der Waals surface area contributed by atoms with Crippen LogP contribution in [0.5, 0.6) is 0 Å². The number of rotatable bonds is 7. The number of nitrogens with zero attached hydrogens (tertiary/aromatic N) is 4. The van der Waals surface area contributed by atoms with Gasteiger partial charge < -0.3 is 9.84 Å². The van der Waals surface area contributed by atoms with Gasteiger partial charge >= 0.3 is 0 Å². The summed E-state index contributed by atoms with van der Waals surface area (Å²) in [6.07, 6.45) is 1.61. The molecule has 7 nitrogen and oxygen atoms in total. The van der Waals surface area contributed by atoms with Gasteiger partial charge in [0.2, 0.25) is 11.8 Å². The Balaban J connectivity index is 1.63. The first-order valence-corrected chi connectivity index (χ1v) is 11.8. The highest BCUT2D eigenvalue weighted by Crippen LogP contribution is 2.42. The minimum Gasteiger partial charge on any atom is -0.366 e. The summed E-state index contributed by atoms with van der Waals surface area (Å²) in [6.45, 7) is 1.95. The highest BCUT2D eigenvalue weighted by Gasteiger charge is 2.30. The van der Waals surface area contributed by atoms with Gasteiger partial charge in [0.05, 0.1) is 10.7 Å². The fraction of sp³-hybridized carbons (Fsp3) is 0.0714. The zero-order valence-electron chi connectivity index (χ0n) is 19.7. The normalized spacial score (nSPS) is 10.8. The van der Waals surface area contributed by atoms with Gasteiger partial charge in [0, 0.05) is 25.2 Å². The van der Waals surface area contributed by atoms with Gasteiger partial charge in [0.1, 0.15) is 22.9 Å². The molecule has 0 saturated heterocycles. The third-order valence-electron chi connectivity index (χ3n) is 5.60. The lowest BCUT2D eigenvalue weighted by Gasteiger charge is -2.20. The van der Waals surface area contributed by atoms with E-state index in [1.165, 1.54) is 24.0 Å². The Morgan fingerprint density at radius 3 is 2.46 bits per heavy atom. The number of carbonyl (C=O) groups excluding carboxylic acids is 1. The molecule has 0 fully saturated rings. The van der Waals surface area contributed by atoms with Crippen LogP contribution in [0, 0.1) is 5.82 Å². The van der Waals surface area contributed by atoms with E-state index in [9.17, 15) is 9.18 Å². The maximum atomic E-state index is 13.7. The molecule has 0 bridgehead atoms. The fourth-order valence-electron chi connectivity index (χ4n) is 3.86. The first-order valence-electron chi connectivity index (χ1n) is 11.4. The third kappa shape index (κ3) is 5.19. The molecule has 0 radical (unpaired) electrons. The molecule has 9 heteroatoms. The van der Waals surface area contributed by atoms with Gasteiger partial charge in [-0.2, -0.15) is 0 Å². The second-order valence-corrected chi connectivity index (χ2v) is 8.54. The van der Waals surface area contributed by atoms with E-state index >= 15 is 0 Å². The molecule has 0 saturated carbocycles. The minimum absolute atomic E-state index is 0.0973. The van der Waals surface area contributed by atoms with Crippen molar-refractivity contribution >= 4 is 34.9 Å². The standard InChI is InChI=1S/C28H21ClFN5O2/c1-18(36)35(23-10-6-5-9-22(23)29)28-25(26(34-37-28)20-11-13-21(30)14-12-20)27-31-16-15-24(33-27)32-17-19-7-3-2-4-8-19/h2-16H,17H2,1H3,(H,31,32,33). The molecule has 0 aliphatic heterocycles. The van der Waals surface area contributed by atoms with Gasteiger partial charge in [-0.15, -0.1) is 0 Å². The number of hydrogen-bond donors (Lipinski definition) is 1. The number of hydrogen-bond acceptors (Lipinski definition) is 6. The van der Waals surface area contributed by atoms with Gasteiger partial charge in [-0.1, -0.05) is 59.2 Å². The summed E-state index contributed by atoms with van der Waals surface area (Å²) < 4.78 is 19.4. The van der Waals surface area contributed by atoms with Gasteiger partial charge in [-0.05, 0) is 48.0 Å². The monoisotopic (exact) mass is 513 g/mol. The molecule has 0 aliphatic carbocycles. The number of amides is 1. The average molecular weight is 514 g/mol. The summed E-state index contributed by atoms with van der Waals surface area (Å²) in [5.41, 5.74) is 2.79. The van der Waals surface area contributed by atoms with E-state index in [0.717, 1.165) is 5.56 Å². The van der Waals surface area contributed by atoms with Crippen LogP contribution in [0.2, 0.25) is 5.02 Å². The van der Waals surface area contributed by atoms with Crippen molar-refractivity contribution in [3.8, 4) is 22.6 Å². The van der Waals surface area contributed by atoms with E-state index in [1.807, 2.05) is 30.3 Å². The van der Waals surface area contributed by atoms with E-state index in [1.54, 1.807) is 48.7 Å². The van der Waals surface area contributed by atoms with Crippen LogP contribution in [0.1, 0.15) is 12.5 Å². The van der Waals surface area contributed by atoms with Gasteiger partial charge in [-0.25, -0.2) is 19.3 Å². The molecule has 1 N–H and O–H groups in total. The van der Waals surface area contributed by atoms with Crippen LogP contribution in [-0.2, 0) is 11.3 Å². The summed E-state index contributed by atoms with van der Waals surface area (Å²) in [4.78, 5) is 23.3. The van der Waals surface area contributed by atoms with Crippen molar-refractivity contribution in [2.24, 2.45) is 0 Å². The summed E-state index contributed by atoms with van der Waals surface area (Å²) in [7, 11) is 0. The van der Waals surface area contributed by atoms with Gasteiger partial charge in [0.15, 0.2) is 5.82 Å². The Kier molecular flexibility index (Phi) is 6.91. The molecular weight excluding hydrogens is 493 g/mol. The van der Waals surface area contributed by atoms with E-state index < -0.39 is 0 Å². The zero-order valence-corrected chi connectivity index (χ0v) is 20.5. The largest absolute Gasteiger partial charge is 0.366 e. The predicted molar refractivity (Wildman–Crippen MR) is 141 cm³/mol. The molecule has 0 unspecified atom stereocenters. The molecule has 2 heterocycles. The molecule has 1 amide bonds. The highest BCUT2D eigenvalue weighted by atomic mass is 35.5. The van der Waals surface area contributed by atoms with Gasteiger partial charge in [-0.3, -0.25) is 4.79 Å². The number of carbonyl (C=O) groups is 1. The lowest BCUT2D eigenvalue weighted by molar-refractivity contribution is -0.116.